The maximum atomic E-state index is 9.18. The van der Waals surface area contributed by atoms with Crippen molar-refractivity contribution in [3.05, 3.63) is 36.0 Å². The summed E-state index contributed by atoms with van der Waals surface area (Å²) in [5, 5.41) is 10.3. The summed E-state index contributed by atoms with van der Waals surface area (Å²) in [5.41, 5.74) is 8.06. The molecule has 0 aliphatic carbocycles. The number of rotatable bonds is 6. The molecule has 19 heavy (non-hydrogen) atoms. The zero-order valence-electron chi connectivity index (χ0n) is 11.0. The minimum Gasteiger partial charge on any atom is -0.395 e. The molecule has 1 heterocycles. The number of benzene rings is 1. The van der Waals surface area contributed by atoms with Gasteiger partial charge in [0.2, 0.25) is 0 Å². The van der Waals surface area contributed by atoms with Crippen molar-refractivity contribution in [1.29, 1.82) is 0 Å². The molecule has 0 saturated heterocycles. The molecule has 0 saturated carbocycles. The number of aromatic amines is 1. The highest BCUT2D eigenvalue weighted by atomic mass is 32.1. The van der Waals surface area contributed by atoms with Gasteiger partial charge in [0.05, 0.1) is 17.6 Å². The van der Waals surface area contributed by atoms with Crippen molar-refractivity contribution in [2.24, 2.45) is 5.73 Å². The number of aromatic nitrogens is 1. The van der Waals surface area contributed by atoms with E-state index in [-0.39, 0.29) is 12.6 Å². The Balaban J connectivity index is 2.46. The summed E-state index contributed by atoms with van der Waals surface area (Å²) in [6.45, 7) is 3.46. The maximum absolute atomic E-state index is 9.18. The Labute approximate surface area is 118 Å². The van der Waals surface area contributed by atoms with Crippen LogP contribution in [-0.4, -0.2) is 39.7 Å². The van der Waals surface area contributed by atoms with Crippen LogP contribution in [0.25, 0.3) is 10.9 Å². The lowest BCUT2D eigenvalue weighted by Crippen LogP contribution is -2.38. The lowest BCUT2D eigenvalue weighted by Gasteiger charge is -2.29. The number of nitrogens with two attached hydrogens (primary N) is 1. The topological polar surface area (TPSA) is 65.3 Å². The van der Waals surface area contributed by atoms with Crippen molar-refractivity contribution in [3.63, 3.8) is 0 Å². The molecule has 4 N–H and O–H groups in total. The number of nitrogens with zero attached hydrogens (tertiary/aromatic N) is 1. The summed E-state index contributed by atoms with van der Waals surface area (Å²) in [5.74, 6) is 0. The lowest BCUT2D eigenvalue weighted by atomic mass is 10.0. The Morgan fingerprint density at radius 3 is 2.84 bits per heavy atom. The van der Waals surface area contributed by atoms with Gasteiger partial charge in [-0.25, -0.2) is 0 Å². The predicted molar refractivity (Wildman–Crippen MR) is 82.2 cm³/mol. The molecular weight excluding hydrogens is 258 g/mol. The van der Waals surface area contributed by atoms with Gasteiger partial charge in [-0.15, -0.1) is 0 Å². The zero-order chi connectivity index (χ0) is 13.8. The van der Waals surface area contributed by atoms with E-state index in [0.717, 1.165) is 23.0 Å². The third-order valence-electron chi connectivity index (χ3n) is 3.34. The van der Waals surface area contributed by atoms with Crippen LogP contribution in [0.15, 0.2) is 30.5 Å². The first-order valence-electron chi connectivity index (χ1n) is 6.39. The molecule has 4 nitrogen and oxygen atoms in total. The fourth-order valence-electron chi connectivity index (χ4n) is 2.45. The molecule has 102 valence electrons. The zero-order valence-corrected chi connectivity index (χ0v) is 11.8. The largest absolute Gasteiger partial charge is 0.395 e. The fourth-order valence-corrected chi connectivity index (χ4v) is 2.72. The molecule has 0 radical (unpaired) electrons. The summed E-state index contributed by atoms with van der Waals surface area (Å²) < 4.78 is 0. The van der Waals surface area contributed by atoms with E-state index in [1.807, 2.05) is 31.3 Å². The van der Waals surface area contributed by atoms with E-state index in [1.54, 1.807) is 0 Å². The monoisotopic (exact) mass is 277 g/mol. The molecule has 0 amide bonds. The molecule has 0 spiro atoms. The number of para-hydroxylation sites is 1. The Kier molecular flexibility index (Phi) is 4.52. The van der Waals surface area contributed by atoms with Crippen LogP contribution in [0.1, 0.15) is 18.5 Å². The molecule has 0 aliphatic heterocycles. The number of nitrogens with one attached hydrogen (secondary N) is 1. The molecule has 2 aromatic rings. The van der Waals surface area contributed by atoms with Gasteiger partial charge < -0.3 is 15.8 Å². The highest BCUT2D eigenvalue weighted by molar-refractivity contribution is 7.80. The van der Waals surface area contributed by atoms with E-state index in [9.17, 15) is 5.11 Å². The average Bonchev–Trinajstić information content (AvgIpc) is 2.82. The Bertz CT molecular complexity index is 567. The smallest absolute Gasteiger partial charge is 0.0949 e. The minimum atomic E-state index is -0.150. The molecule has 1 aromatic heterocycles. The second kappa shape index (κ2) is 6.14. The Hall–Kier alpha value is -1.43. The third kappa shape index (κ3) is 2.78. The minimum absolute atomic E-state index is 0.0926. The Morgan fingerprint density at radius 1 is 1.47 bits per heavy atom. The maximum Gasteiger partial charge on any atom is 0.0949 e. The molecule has 0 bridgehead atoms. The van der Waals surface area contributed by atoms with Crippen LogP contribution >= 0.6 is 12.2 Å². The van der Waals surface area contributed by atoms with Gasteiger partial charge in [-0.3, -0.25) is 4.90 Å². The van der Waals surface area contributed by atoms with E-state index < -0.39 is 0 Å². The SMILES string of the molecule is CCN(CCO)C(C(N)=S)c1c[nH]c2ccccc12. The van der Waals surface area contributed by atoms with Crippen molar-refractivity contribution < 1.29 is 5.11 Å². The van der Waals surface area contributed by atoms with Crippen LogP contribution in [0.5, 0.6) is 0 Å². The normalized spacial score (nSPS) is 13.0. The first-order valence-corrected chi connectivity index (χ1v) is 6.80. The van der Waals surface area contributed by atoms with E-state index >= 15 is 0 Å². The molecule has 0 aliphatic rings. The van der Waals surface area contributed by atoms with Crippen molar-refractivity contribution in [2.75, 3.05) is 19.7 Å². The molecular formula is C14H19N3OS. The van der Waals surface area contributed by atoms with Crippen LogP contribution in [-0.2, 0) is 0 Å². The van der Waals surface area contributed by atoms with Gasteiger partial charge >= 0.3 is 0 Å². The summed E-state index contributed by atoms with van der Waals surface area (Å²) in [6.07, 6.45) is 1.95. The van der Waals surface area contributed by atoms with E-state index in [0.29, 0.717) is 11.5 Å². The van der Waals surface area contributed by atoms with Crippen molar-refractivity contribution >= 4 is 28.1 Å². The number of hydrogen-bond donors (Lipinski definition) is 3. The first kappa shape index (κ1) is 14.0. The molecule has 5 heteroatoms. The Morgan fingerprint density at radius 2 is 2.21 bits per heavy atom. The van der Waals surface area contributed by atoms with Gasteiger partial charge in [0, 0.05) is 29.2 Å². The third-order valence-corrected chi connectivity index (χ3v) is 3.57. The summed E-state index contributed by atoms with van der Waals surface area (Å²) in [4.78, 5) is 5.75. The lowest BCUT2D eigenvalue weighted by molar-refractivity contribution is 0.186. The summed E-state index contributed by atoms with van der Waals surface area (Å²) in [6, 6.07) is 7.92. The second-order valence-electron chi connectivity index (χ2n) is 4.45. The second-order valence-corrected chi connectivity index (χ2v) is 4.92. The van der Waals surface area contributed by atoms with Crippen LogP contribution in [0.4, 0.5) is 0 Å². The summed E-state index contributed by atoms with van der Waals surface area (Å²) >= 11 is 5.23. The molecule has 1 unspecified atom stereocenters. The van der Waals surface area contributed by atoms with Crippen molar-refractivity contribution in [1.82, 2.24) is 9.88 Å². The van der Waals surface area contributed by atoms with E-state index in [4.69, 9.17) is 18.0 Å². The number of H-pyrrole nitrogens is 1. The predicted octanol–water partition coefficient (Wildman–Crippen LogP) is 1.81. The van der Waals surface area contributed by atoms with Gasteiger partial charge in [0.15, 0.2) is 0 Å². The number of aliphatic hydroxyl groups is 1. The highest BCUT2D eigenvalue weighted by Gasteiger charge is 2.24. The fraction of sp³-hybridized carbons (Fsp3) is 0.357. The van der Waals surface area contributed by atoms with E-state index in [1.165, 1.54) is 0 Å². The van der Waals surface area contributed by atoms with Crippen LogP contribution in [0.2, 0.25) is 0 Å². The highest BCUT2D eigenvalue weighted by Crippen LogP contribution is 2.28. The first-order chi connectivity index (χ1) is 9.19. The number of fused-ring (bicyclic) bond motifs is 1. The molecule has 0 fully saturated rings. The number of thiocarbonyl (C=S) groups is 1. The van der Waals surface area contributed by atoms with Gasteiger partial charge in [-0.2, -0.15) is 0 Å². The van der Waals surface area contributed by atoms with Gasteiger partial charge in [-0.05, 0) is 12.6 Å². The quantitative estimate of drug-likeness (QED) is 0.705. The van der Waals surface area contributed by atoms with Gasteiger partial charge in [0.1, 0.15) is 0 Å². The molecule has 1 aromatic carbocycles. The molecule has 2 rings (SSSR count). The number of likely N-dealkylation sites (N-methyl/N-ethyl adjacent to an activating group) is 1. The van der Waals surface area contributed by atoms with Crippen molar-refractivity contribution in [2.45, 2.75) is 13.0 Å². The van der Waals surface area contributed by atoms with E-state index in [2.05, 4.69) is 16.0 Å². The standard InChI is InChI=1S/C14H19N3OS/c1-2-17(7-8-18)13(14(15)19)11-9-16-12-6-4-3-5-10(11)12/h3-6,9,13,16,18H,2,7-8H2,1H3,(H2,15,19). The number of aliphatic hydroxyl groups excluding tert-OH is 1. The van der Waals surface area contributed by atoms with Gasteiger partial charge in [-0.1, -0.05) is 37.3 Å². The van der Waals surface area contributed by atoms with Crippen molar-refractivity contribution in [3.8, 4) is 0 Å². The average molecular weight is 277 g/mol. The molecule has 1 atom stereocenters. The van der Waals surface area contributed by atoms with Crippen LogP contribution in [0, 0.1) is 0 Å². The van der Waals surface area contributed by atoms with Crippen LogP contribution < -0.4 is 5.73 Å². The van der Waals surface area contributed by atoms with Gasteiger partial charge in [0.25, 0.3) is 0 Å². The summed E-state index contributed by atoms with van der Waals surface area (Å²) in [7, 11) is 0. The number of hydrogen-bond acceptors (Lipinski definition) is 3. The van der Waals surface area contributed by atoms with Crippen LogP contribution in [0.3, 0.4) is 0 Å².